The summed E-state index contributed by atoms with van der Waals surface area (Å²) in [7, 11) is 1.84. The Labute approximate surface area is 104 Å². The van der Waals surface area contributed by atoms with Crippen LogP contribution in [0.3, 0.4) is 0 Å². The van der Waals surface area contributed by atoms with Gasteiger partial charge < -0.3 is 10.2 Å². The Bertz CT molecular complexity index is 394. The van der Waals surface area contributed by atoms with Gasteiger partial charge in [-0.15, -0.1) is 0 Å². The van der Waals surface area contributed by atoms with Crippen molar-refractivity contribution >= 4 is 27.5 Å². The number of piperidine rings is 1. The van der Waals surface area contributed by atoms with Gasteiger partial charge in [-0.3, -0.25) is 4.79 Å². The first-order valence-electron chi connectivity index (χ1n) is 5.47. The fraction of sp³-hybridized carbons (Fsp3) is 0.417. The molecule has 1 N–H and O–H groups in total. The van der Waals surface area contributed by atoms with E-state index in [1.54, 1.807) is 0 Å². The van der Waals surface area contributed by atoms with Gasteiger partial charge in [0.1, 0.15) is 0 Å². The van der Waals surface area contributed by atoms with Gasteiger partial charge in [0.2, 0.25) is 5.91 Å². The molecule has 1 amide bonds. The van der Waals surface area contributed by atoms with Crippen molar-refractivity contribution in [2.45, 2.75) is 18.9 Å². The number of carbonyl (C=O) groups is 1. The number of benzene rings is 1. The summed E-state index contributed by atoms with van der Waals surface area (Å²) in [5.41, 5.74) is 0.965. The minimum atomic E-state index is -0.0409. The number of hydrogen-bond acceptors (Lipinski definition) is 2. The highest BCUT2D eigenvalue weighted by Gasteiger charge is 2.28. The molecule has 1 fully saturated rings. The van der Waals surface area contributed by atoms with Crippen molar-refractivity contribution in [1.29, 1.82) is 0 Å². The van der Waals surface area contributed by atoms with Crippen LogP contribution in [-0.4, -0.2) is 25.5 Å². The Morgan fingerprint density at radius 2 is 2.19 bits per heavy atom. The van der Waals surface area contributed by atoms with Crippen LogP contribution >= 0.6 is 15.9 Å². The van der Waals surface area contributed by atoms with Crippen LogP contribution < -0.4 is 10.2 Å². The Balaban J connectivity index is 2.27. The molecule has 0 bridgehead atoms. The van der Waals surface area contributed by atoms with Gasteiger partial charge >= 0.3 is 0 Å². The molecule has 1 unspecified atom stereocenters. The van der Waals surface area contributed by atoms with Gasteiger partial charge in [-0.25, -0.2) is 0 Å². The highest BCUT2D eigenvalue weighted by atomic mass is 79.9. The fourth-order valence-electron chi connectivity index (χ4n) is 2.05. The summed E-state index contributed by atoms with van der Waals surface area (Å²) in [5, 5.41) is 3.07. The smallest absolute Gasteiger partial charge is 0.244 e. The molecular weight excluding hydrogens is 268 g/mol. The van der Waals surface area contributed by atoms with E-state index in [0.29, 0.717) is 0 Å². The van der Waals surface area contributed by atoms with E-state index in [4.69, 9.17) is 0 Å². The average Bonchev–Trinajstić information content (AvgIpc) is 2.31. The third-order valence-electron chi connectivity index (χ3n) is 2.93. The molecule has 1 aromatic rings. The second-order valence-electron chi connectivity index (χ2n) is 3.92. The van der Waals surface area contributed by atoms with Crippen LogP contribution in [0.5, 0.6) is 0 Å². The molecule has 3 nitrogen and oxygen atoms in total. The van der Waals surface area contributed by atoms with Gasteiger partial charge in [-0.1, -0.05) is 12.1 Å². The second-order valence-corrected chi connectivity index (χ2v) is 4.78. The Morgan fingerprint density at radius 3 is 2.88 bits per heavy atom. The molecule has 0 aliphatic carbocycles. The number of amides is 1. The summed E-state index contributed by atoms with van der Waals surface area (Å²) in [4.78, 5) is 14.0. The molecule has 0 radical (unpaired) electrons. The quantitative estimate of drug-likeness (QED) is 0.902. The molecule has 1 aliphatic rings. The number of nitrogens with zero attached hydrogens (tertiary/aromatic N) is 1. The predicted octanol–water partition coefficient (Wildman–Crippen LogP) is 2.16. The van der Waals surface area contributed by atoms with Crippen LogP contribution in [0.2, 0.25) is 0 Å². The summed E-state index contributed by atoms with van der Waals surface area (Å²) < 4.78 is 0.972. The van der Waals surface area contributed by atoms with E-state index in [1.165, 1.54) is 0 Å². The number of nitrogens with one attached hydrogen (secondary N) is 1. The van der Waals surface area contributed by atoms with E-state index in [9.17, 15) is 4.79 Å². The fourth-order valence-corrected chi connectivity index (χ4v) is 2.55. The highest BCUT2D eigenvalue weighted by Crippen LogP contribution is 2.28. The molecular formula is C12H15BrN2O. The van der Waals surface area contributed by atoms with E-state index in [0.717, 1.165) is 29.5 Å². The van der Waals surface area contributed by atoms with Crippen molar-refractivity contribution in [2.75, 3.05) is 18.5 Å². The van der Waals surface area contributed by atoms with Crippen LogP contribution in [-0.2, 0) is 4.79 Å². The number of carbonyl (C=O) groups excluding carboxylic acids is 1. The van der Waals surface area contributed by atoms with Crippen molar-refractivity contribution in [3.8, 4) is 0 Å². The molecule has 1 aromatic carbocycles. The topological polar surface area (TPSA) is 32.3 Å². The van der Waals surface area contributed by atoms with Gasteiger partial charge in [0.25, 0.3) is 0 Å². The van der Waals surface area contributed by atoms with Crippen LogP contribution in [0, 0.1) is 0 Å². The average molecular weight is 283 g/mol. The van der Waals surface area contributed by atoms with Crippen molar-refractivity contribution in [3.63, 3.8) is 0 Å². The molecule has 0 spiro atoms. The zero-order chi connectivity index (χ0) is 11.5. The minimum Gasteiger partial charge on any atom is -0.310 e. The molecule has 2 rings (SSSR count). The van der Waals surface area contributed by atoms with Crippen molar-refractivity contribution in [3.05, 3.63) is 28.7 Å². The van der Waals surface area contributed by atoms with Crippen LogP contribution in [0.1, 0.15) is 12.8 Å². The molecule has 0 saturated carbocycles. The Kier molecular flexibility index (Phi) is 3.61. The van der Waals surface area contributed by atoms with Crippen LogP contribution in [0.15, 0.2) is 28.7 Å². The summed E-state index contributed by atoms with van der Waals surface area (Å²) in [5.74, 6) is 0.167. The molecule has 16 heavy (non-hydrogen) atoms. The third kappa shape index (κ3) is 2.13. The van der Waals surface area contributed by atoms with Crippen molar-refractivity contribution < 1.29 is 4.79 Å². The van der Waals surface area contributed by atoms with E-state index in [-0.39, 0.29) is 11.9 Å². The standard InChI is InChI=1S/C12H15BrN2O/c1-14-10-6-4-8-15(12(10)16)11-7-3-2-5-9(11)13/h2-3,5,7,10,14H,4,6,8H2,1H3. The molecule has 1 atom stereocenters. The monoisotopic (exact) mass is 282 g/mol. The normalized spacial score (nSPS) is 21.2. The molecule has 1 saturated heterocycles. The Hall–Kier alpha value is -0.870. The van der Waals surface area contributed by atoms with Gasteiger partial charge in [0.05, 0.1) is 11.7 Å². The Morgan fingerprint density at radius 1 is 1.44 bits per heavy atom. The number of likely N-dealkylation sites (N-methyl/N-ethyl adjacent to an activating group) is 1. The van der Waals surface area contributed by atoms with Crippen LogP contribution in [0.25, 0.3) is 0 Å². The molecule has 1 heterocycles. The predicted molar refractivity (Wildman–Crippen MR) is 68.6 cm³/mol. The zero-order valence-electron chi connectivity index (χ0n) is 9.24. The highest BCUT2D eigenvalue weighted by molar-refractivity contribution is 9.10. The van der Waals surface area contributed by atoms with Gasteiger partial charge in [-0.05, 0) is 48.0 Å². The molecule has 0 aromatic heterocycles. The maximum atomic E-state index is 12.2. The van der Waals surface area contributed by atoms with E-state index in [2.05, 4.69) is 21.2 Å². The lowest BCUT2D eigenvalue weighted by Crippen LogP contribution is -2.49. The second kappa shape index (κ2) is 4.97. The number of hydrogen-bond donors (Lipinski definition) is 1. The van der Waals surface area contributed by atoms with E-state index in [1.807, 2.05) is 36.2 Å². The van der Waals surface area contributed by atoms with E-state index >= 15 is 0 Å². The third-order valence-corrected chi connectivity index (χ3v) is 3.60. The molecule has 86 valence electrons. The first-order chi connectivity index (χ1) is 7.74. The lowest BCUT2D eigenvalue weighted by molar-refractivity contribution is -0.121. The first-order valence-corrected chi connectivity index (χ1v) is 6.26. The van der Waals surface area contributed by atoms with Crippen LogP contribution in [0.4, 0.5) is 5.69 Å². The van der Waals surface area contributed by atoms with Gasteiger partial charge in [-0.2, -0.15) is 0 Å². The summed E-state index contributed by atoms with van der Waals surface area (Å²) in [6, 6.07) is 7.81. The maximum Gasteiger partial charge on any atom is 0.244 e. The molecule has 4 heteroatoms. The lowest BCUT2D eigenvalue weighted by atomic mass is 10.0. The van der Waals surface area contributed by atoms with Gasteiger partial charge in [0, 0.05) is 11.0 Å². The SMILES string of the molecule is CNC1CCCN(c2ccccc2Br)C1=O. The number of para-hydroxylation sites is 1. The largest absolute Gasteiger partial charge is 0.310 e. The lowest BCUT2D eigenvalue weighted by Gasteiger charge is -2.32. The van der Waals surface area contributed by atoms with Crippen molar-refractivity contribution in [2.24, 2.45) is 0 Å². The summed E-state index contributed by atoms with van der Waals surface area (Å²) >= 11 is 3.49. The minimum absolute atomic E-state index is 0.0409. The van der Waals surface area contributed by atoms with E-state index < -0.39 is 0 Å². The molecule has 1 aliphatic heterocycles. The van der Waals surface area contributed by atoms with Gasteiger partial charge in [0.15, 0.2) is 0 Å². The zero-order valence-corrected chi connectivity index (χ0v) is 10.8. The number of anilines is 1. The first kappa shape index (κ1) is 11.6. The summed E-state index contributed by atoms with van der Waals surface area (Å²) in [6.45, 7) is 0.805. The number of rotatable bonds is 2. The maximum absolute atomic E-state index is 12.2. The summed E-state index contributed by atoms with van der Waals surface area (Å²) in [6.07, 6.45) is 1.97. The van der Waals surface area contributed by atoms with Crippen molar-refractivity contribution in [1.82, 2.24) is 5.32 Å². The number of halogens is 1.